The van der Waals surface area contributed by atoms with E-state index in [-0.39, 0.29) is 0 Å². The van der Waals surface area contributed by atoms with E-state index in [2.05, 4.69) is 48.3 Å². The third-order valence-corrected chi connectivity index (χ3v) is 4.69. The maximum atomic E-state index is 5.78. The molecule has 1 saturated carbocycles. The first-order valence-electron chi connectivity index (χ1n) is 8.06. The molecule has 1 aromatic rings. The molecule has 0 radical (unpaired) electrons. The van der Waals surface area contributed by atoms with Crippen LogP contribution < -0.4 is 5.32 Å². The van der Waals surface area contributed by atoms with Crippen LogP contribution in [0.3, 0.4) is 0 Å². The third kappa shape index (κ3) is 6.02. The first-order valence-corrected chi connectivity index (χ1v) is 8.94. The molecule has 1 aliphatic carbocycles. The van der Waals surface area contributed by atoms with Gasteiger partial charge in [0.15, 0.2) is 0 Å². The second-order valence-corrected chi connectivity index (χ2v) is 7.31. The van der Waals surface area contributed by atoms with Crippen LogP contribution >= 0.6 is 11.3 Å². The Hall–Kier alpha value is -0.490. The average Bonchev–Trinajstić information content (AvgIpc) is 3.14. The van der Waals surface area contributed by atoms with Crippen LogP contribution in [0.15, 0.2) is 5.38 Å². The molecule has 0 amide bonds. The molecule has 1 heterocycles. The number of nitrogens with zero attached hydrogens (tertiary/aromatic N) is 2. The Kier molecular flexibility index (Phi) is 6.61. The van der Waals surface area contributed by atoms with E-state index in [1.165, 1.54) is 17.8 Å². The van der Waals surface area contributed by atoms with E-state index in [0.717, 1.165) is 31.4 Å². The van der Waals surface area contributed by atoms with Crippen molar-refractivity contribution in [3.8, 4) is 0 Å². The Morgan fingerprint density at radius 3 is 2.67 bits per heavy atom. The number of thiazole rings is 1. The molecule has 1 aliphatic rings. The van der Waals surface area contributed by atoms with Gasteiger partial charge in [0.2, 0.25) is 0 Å². The maximum Gasteiger partial charge on any atom is 0.107 e. The summed E-state index contributed by atoms with van der Waals surface area (Å²) in [6, 6.07) is 1.87. The fourth-order valence-electron chi connectivity index (χ4n) is 2.47. The molecule has 1 fully saturated rings. The molecular formula is C16H29N3OS. The second-order valence-electron chi connectivity index (χ2n) is 6.37. The van der Waals surface area contributed by atoms with Gasteiger partial charge in [-0.25, -0.2) is 4.98 Å². The molecule has 21 heavy (non-hydrogen) atoms. The molecule has 0 spiro atoms. The summed E-state index contributed by atoms with van der Waals surface area (Å²) in [5.74, 6) is 0. The standard InChI is InChI=1S/C16H29N3OS/c1-12(2)19(13(3)4)7-8-20-10-15-11-21-16(18-15)9-17-14-5-6-14/h11-14,17H,5-10H2,1-4H3. The summed E-state index contributed by atoms with van der Waals surface area (Å²) >= 11 is 1.73. The van der Waals surface area contributed by atoms with E-state index in [1.807, 2.05) is 0 Å². The summed E-state index contributed by atoms with van der Waals surface area (Å²) in [4.78, 5) is 7.06. The highest BCUT2D eigenvalue weighted by Gasteiger charge is 2.20. The lowest BCUT2D eigenvalue weighted by Crippen LogP contribution is -2.39. The highest BCUT2D eigenvalue weighted by molar-refractivity contribution is 7.09. The highest BCUT2D eigenvalue weighted by Crippen LogP contribution is 2.20. The van der Waals surface area contributed by atoms with Crippen molar-refractivity contribution in [2.75, 3.05) is 13.2 Å². The number of hydrogen-bond donors (Lipinski definition) is 1. The van der Waals surface area contributed by atoms with Gasteiger partial charge in [0, 0.05) is 36.6 Å². The number of nitrogens with one attached hydrogen (secondary N) is 1. The van der Waals surface area contributed by atoms with Crippen LogP contribution in [0.25, 0.3) is 0 Å². The van der Waals surface area contributed by atoms with Crippen molar-refractivity contribution in [2.24, 2.45) is 0 Å². The van der Waals surface area contributed by atoms with E-state index < -0.39 is 0 Å². The van der Waals surface area contributed by atoms with Gasteiger partial charge < -0.3 is 10.1 Å². The number of rotatable bonds is 10. The van der Waals surface area contributed by atoms with E-state index in [9.17, 15) is 0 Å². The van der Waals surface area contributed by atoms with Gasteiger partial charge in [-0.15, -0.1) is 11.3 Å². The summed E-state index contributed by atoms with van der Waals surface area (Å²) in [7, 11) is 0. The summed E-state index contributed by atoms with van der Waals surface area (Å²) in [6.07, 6.45) is 2.65. The van der Waals surface area contributed by atoms with Crippen LogP contribution in [0.5, 0.6) is 0 Å². The lowest BCUT2D eigenvalue weighted by Gasteiger charge is -2.30. The minimum Gasteiger partial charge on any atom is -0.374 e. The molecule has 1 aromatic heterocycles. The SMILES string of the molecule is CC(C)N(CCOCc1csc(CNC2CC2)n1)C(C)C. The van der Waals surface area contributed by atoms with Crippen molar-refractivity contribution >= 4 is 11.3 Å². The molecule has 0 bridgehead atoms. The van der Waals surface area contributed by atoms with Crippen LogP contribution in [0.1, 0.15) is 51.2 Å². The minimum atomic E-state index is 0.563. The Bertz CT molecular complexity index is 407. The van der Waals surface area contributed by atoms with Gasteiger partial charge in [-0.1, -0.05) is 0 Å². The first-order chi connectivity index (χ1) is 10.1. The zero-order valence-corrected chi connectivity index (χ0v) is 14.6. The third-order valence-electron chi connectivity index (χ3n) is 3.79. The lowest BCUT2D eigenvalue weighted by molar-refractivity contribution is 0.0687. The summed E-state index contributed by atoms with van der Waals surface area (Å²) in [5.41, 5.74) is 1.06. The molecule has 5 heteroatoms. The van der Waals surface area contributed by atoms with Crippen molar-refractivity contribution in [1.29, 1.82) is 0 Å². The van der Waals surface area contributed by atoms with Crippen LogP contribution in [0, 0.1) is 0 Å². The first kappa shape index (κ1) is 16.9. The zero-order chi connectivity index (χ0) is 15.2. The largest absolute Gasteiger partial charge is 0.374 e. The monoisotopic (exact) mass is 311 g/mol. The number of ether oxygens (including phenoxy) is 1. The van der Waals surface area contributed by atoms with Crippen molar-refractivity contribution in [1.82, 2.24) is 15.2 Å². The summed E-state index contributed by atoms with van der Waals surface area (Å²) < 4.78 is 5.78. The average molecular weight is 311 g/mol. The summed E-state index contributed by atoms with van der Waals surface area (Å²) in [5, 5.41) is 6.78. The molecule has 4 nitrogen and oxygen atoms in total. The van der Waals surface area contributed by atoms with Crippen LogP contribution in [0.2, 0.25) is 0 Å². The van der Waals surface area contributed by atoms with Gasteiger partial charge >= 0.3 is 0 Å². The minimum absolute atomic E-state index is 0.563. The van der Waals surface area contributed by atoms with Crippen molar-refractivity contribution in [2.45, 2.75) is 71.8 Å². The normalized spacial score (nSPS) is 15.6. The van der Waals surface area contributed by atoms with Gasteiger partial charge in [-0.3, -0.25) is 4.90 Å². The van der Waals surface area contributed by atoms with Crippen molar-refractivity contribution in [3.63, 3.8) is 0 Å². The number of hydrogen-bond acceptors (Lipinski definition) is 5. The molecule has 0 saturated heterocycles. The highest BCUT2D eigenvalue weighted by atomic mass is 32.1. The molecule has 0 aromatic carbocycles. The number of aromatic nitrogens is 1. The summed E-state index contributed by atoms with van der Waals surface area (Å²) in [6.45, 7) is 12.2. The maximum absolute atomic E-state index is 5.78. The smallest absolute Gasteiger partial charge is 0.107 e. The fourth-order valence-corrected chi connectivity index (χ4v) is 3.20. The van der Waals surface area contributed by atoms with Crippen molar-refractivity contribution < 1.29 is 4.74 Å². The van der Waals surface area contributed by atoms with E-state index >= 15 is 0 Å². The molecular weight excluding hydrogens is 282 g/mol. The predicted molar refractivity (Wildman–Crippen MR) is 88.6 cm³/mol. The van der Waals surface area contributed by atoms with Gasteiger partial charge in [0.05, 0.1) is 18.9 Å². The van der Waals surface area contributed by atoms with Crippen LogP contribution in [-0.4, -0.2) is 41.2 Å². The predicted octanol–water partition coefficient (Wildman–Crippen LogP) is 3.03. The quantitative estimate of drug-likeness (QED) is 0.674. The van der Waals surface area contributed by atoms with Crippen molar-refractivity contribution in [3.05, 3.63) is 16.1 Å². The molecule has 0 atom stereocenters. The molecule has 120 valence electrons. The molecule has 0 aliphatic heterocycles. The second kappa shape index (κ2) is 8.22. The van der Waals surface area contributed by atoms with Gasteiger partial charge in [-0.05, 0) is 40.5 Å². The van der Waals surface area contributed by atoms with E-state index in [1.54, 1.807) is 11.3 Å². The van der Waals surface area contributed by atoms with E-state index in [4.69, 9.17) is 4.74 Å². The Balaban J connectivity index is 1.63. The molecule has 1 N–H and O–H groups in total. The Morgan fingerprint density at radius 1 is 1.33 bits per heavy atom. The molecule has 0 unspecified atom stereocenters. The lowest BCUT2D eigenvalue weighted by atomic mass is 10.2. The fraction of sp³-hybridized carbons (Fsp3) is 0.812. The Labute approximate surface area is 132 Å². The topological polar surface area (TPSA) is 37.4 Å². The Morgan fingerprint density at radius 2 is 2.05 bits per heavy atom. The van der Waals surface area contributed by atoms with Crippen LogP contribution in [-0.2, 0) is 17.9 Å². The molecule has 2 rings (SSSR count). The van der Waals surface area contributed by atoms with Gasteiger partial charge in [0.25, 0.3) is 0 Å². The van der Waals surface area contributed by atoms with E-state index in [0.29, 0.717) is 18.7 Å². The zero-order valence-electron chi connectivity index (χ0n) is 13.8. The van der Waals surface area contributed by atoms with Gasteiger partial charge in [-0.2, -0.15) is 0 Å². The van der Waals surface area contributed by atoms with Gasteiger partial charge in [0.1, 0.15) is 5.01 Å². The van der Waals surface area contributed by atoms with Crippen LogP contribution in [0.4, 0.5) is 0 Å².